The Labute approximate surface area is 113 Å². The highest BCUT2D eigenvalue weighted by Crippen LogP contribution is 2.19. The fourth-order valence-corrected chi connectivity index (χ4v) is 1.84. The number of nitrogens with two attached hydrogens (primary N) is 1. The molecule has 0 aromatic heterocycles. The van der Waals surface area contributed by atoms with Crippen molar-refractivity contribution in [2.75, 3.05) is 39.1 Å². The Balaban J connectivity index is 2.68. The first-order chi connectivity index (χ1) is 8.41. The lowest BCUT2D eigenvalue weighted by Gasteiger charge is -2.21. The van der Waals surface area contributed by atoms with Crippen molar-refractivity contribution < 1.29 is 4.39 Å². The molecule has 2 N–H and O–H groups in total. The number of benzene rings is 1. The Morgan fingerprint density at radius 1 is 1.28 bits per heavy atom. The average molecular weight is 269 g/mol. The maximum absolute atomic E-state index is 13.9. The van der Waals surface area contributed by atoms with Gasteiger partial charge in [0.1, 0.15) is 10.8 Å². The summed E-state index contributed by atoms with van der Waals surface area (Å²) in [5.74, 6) is -0.285. The van der Waals surface area contributed by atoms with E-state index in [0.717, 1.165) is 19.5 Å². The fraction of sp³-hybridized carbons (Fsp3) is 0.462. The molecule has 0 amide bonds. The second-order valence-electron chi connectivity index (χ2n) is 4.61. The van der Waals surface area contributed by atoms with Crippen molar-refractivity contribution in [2.45, 2.75) is 6.42 Å². The average Bonchev–Trinajstić information content (AvgIpc) is 2.27. The van der Waals surface area contributed by atoms with Gasteiger partial charge in [0.15, 0.2) is 0 Å². The Bertz CT molecular complexity index is 421. The van der Waals surface area contributed by atoms with E-state index in [9.17, 15) is 4.39 Å². The van der Waals surface area contributed by atoms with Crippen molar-refractivity contribution in [1.29, 1.82) is 0 Å². The number of thiocarbonyl (C=S) groups is 1. The predicted octanol–water partition coefficient (Wildman–Crippen LogP) is 1.85. The summed E-state index contributed by atoms with van der Waals surface area (Å²) in [6, 6.07) is 4.86. The van der Waals surface area contributed by atoms with Crippen molar-refractivity contribution in [3.05, 3.63) is 29.6 Å². The van der Waals surface area contributed by atoms with Gasteiger partial charge in [-0.15, -0.1) is 0 Å². The van der Waals surface area contributed by atoms with Crippen LogP contribution < -0.4 is 10.6 Å². The first kappa shape index (κ1) is 14.9. The third-order valence-corrected chi connectivity index (χ3v) is 2.98. The zero-order valence-electron chi connectivity index (χ0n) is 11.1. The lowest BCUT2D eigenvalue weighted by Crippen LogP contribution is -2.24. The van der Waals surface area contributed by atoms with E-state index < -0.39 is 0 Å². The molecule has 100 valence electrons. The summed E-state index contributed by atoms with van der Waals surface area (Å²) in [7, 11) is 5.93. The van der Waals surface area contributed by atoms with Crippen LogP contribution in [0.1, 0.15) is 12.0 Å². The van der Waals surface area contributed by atoms with Crippen molar-refractivity contribution in [1.82, 2.24) is 4.90 Å². The maximum atomic E-state index is 13.9. The lowest BCUT2D eigenvalue weighted by molar-refractivity contribution is 0.401. The summed E-state index contributed by atoms with van der Waals surface area (Å²) in [6.07, 6.45) is 0.986. The SMILES string of the molecule is CN(C)CCCN(C)c1ccc(C(N)=S)cc1F. The summed E-state index contributed by atoms with van der Waals surface area (Å²) >= 11 is 4.82. The van der Waals surface area contributed by atoms with E-state index >= 15 is 0 Å². The number of hydrogen-bond donors (Lipinski definition) is 1. The van der Waals surface area contributed by atoms with Gasteiger partial charge >= 0.3 is 0 Å². The molecule has 0 aliphatic rings. The predicted molar refractivity (Wildman–Crippen MR) is 78.7 cm³/mol. The molecule has 0 unspecified atom stereocenters. The second kappa shape index (κ2) is 6.66. The van der Waals surface area contributed by atoms with E-state index in [4.69, 9.17) is 18.0 Å². The molecular weight excluding hydrogens is 249 g/mol. The minimum atomic E-state index is -0.285. The van der Waals surface area contributed by atoms with Crippen LogP contribution in [0.15, 0.2) is 18.2 Å². The van der Waals surface area contributed by atoms with E-state index in [0.29, 0.717) is 11.3 Å². The van der Waals surface area contributed by atoms with E-state index in [1.165, 1.54) is 6.07 Å². The summed E-state index contributed by atoms with van der Waals surface area (Å²) in [6.45, 7) is 1.79. The molecule has 0 aliphatic heterocycles. The highest BCUT2D eigenvalue weighted by atomic mass is 32.1. The van der Waals surface area contributed by atoms with E-state index in [1.807, 2.05) is 26.0 Å². The lowest BCUT2D eigenvalue weighted by atomic mass is 10.2. The first-order valence-corrected chi connectivity index (χ1v) is 6.28. The van der Waals surface area contributed by atoms with Gasteiger partial charge in [-0.25, -0.2) is 4.39 Å². The van der Waals surface area contributed by atoms with Crippen LogP contribution in [0.25, 0.3) is 0 Å². The summed E-state index contributed by atoms with van der Waals surface area (Å²) in [5.41, 5.74) is 6.61. The molecule has 0 atom stereocenters. The third-order valence-electron chi connectivity index (χ3n) is 2.74. The van der Waals surface area contributed by atoms with Gasteiger partial charge in [-0.2, -0.15) is 0 Å². The van der Waals surface area contributed by atoms with Crippen LogP contribution >= 0.6 is 12.2 Å². The van der Waals surface area contributed by atoms with Gasteiger partial charge in [0.25, 0.3) is 0 Å². The maximum Gasteiger partial charge on any atom is 0.147 e. The molecule has 0 radical (unpaired) electrons. The van der Waals surface area contributed by atoms with Crippen LogP contribution in [0.5, 0.6) is 0 Å². The van der Waals surface area contributed by atoms with E-state index in [-0.39, 0.29) is 10.8 Å². The molecule has 0 spiro atoms. The normalized spacial score (nSPS) is 10.7. The molecule has 0 bridgehead atoms. The smallest absolute Gasteiger partial charge is 0.147 e. The third kappa shape index (κ3) is 4.23. The highest BCUT2D eigenvalue weighted by molar-refractivity contribution is 7.80. The van der Waals surface area contributed by atoms with Crippen LogP contribution in [0, 0.1) is 5.82 Å². The summed E-state index contributed by atoms with van der Waals surface area (Å²) in [4.78, 5) is 4.23. The molecule has 0 saturated carbocycles. The molecule has 3 nitrogen and oxygen atoms in total. The molecule has 1 rings (SSSR count). The number of hydrogen-bond acceptors (Lipinski definition) is 3. The Morgan fingerprint density at radius 2 is 1.94 bits per heavy atom. The van der Waals surface area contributed by atoms with Gasteiger partial charge in [0, 0.05) is 19.2 Å². The van der Waals surface area contributed by atoms with Crippen LogP contribution in [0.4, 0.5) is 10.1 Å². The fourth-order valence-electron chi connectivity index (χ4n) is 1.71. The van der Waals surface area contributed by atoms with Crippen LogP contribution in [-0.4, -0.2) is 44.1 Å². The van der Waals surface area contributed by atoms with Gasteiger partial charge in [0.05, 0.1) is 5.69 Å². The number of anilines is 1. The van der Waals surface area contributed by atoms with Crippen LogP contribution in [-0.2, 0) is 0 Å². The van der Waals surface area contributed by atoms with Crippen molar-refractivity contribution in [3.63, 3.8) is 0 Å². The standard InChI is InChI=1S/C13H20FN3S/c1-16(2)7-4-8-17(3)12-6-5-10(13(15)18)9-11(12)14/h5-6,9H,4,7-8H2,1-3H3,(H2,15,18). The van der Waals surface area contributed by atoms with Crippen molar-refractivity contribution in [2.24, 2.45) is 5.73 Å². The Morgan fingerprint density at radius 3 is 2.44 bits per heavy atom. The molecule has 18 heavy (non-hydrogen) atoms. The van der Waals surface area contributed by atoms with Crippen molar-refractivity contribution in [3.8, 4) is 0 Å². The minimum Gasteiger partial charge on any atom is -0.389 e. The molecule has 1 aromatic rings. The Kier molecular flexibility index (Phi) is 5.50. The quantitative estimate of drug-likeness (QED) is 0.799. The van der Waals surface area contributed by atoms with E-state index in [1.54, 1.807) is 12.1 Å². The first-order valence-electron chi connectivity index (χ1n) is 5.87. The number of halogens is 1. The summed E-state index contributed by atoms with van der Waals surface area (Å²) in [5, 5.41) is 0. The number of nitrogens with zero attached hydrogens (tertiary/aromatic N) is 2. The van der Waals surface area contributed by atoms with Gasteiger partial charge in [-0.1, -0.05) is 12.2 Å². The van der Waals surface area contributed by atoms with Gasteiger partial charge in [0.2, 0.25) is 0 Å². The zero-order chi connectivity index (χ0) is 13.7. The molecule has 0 aliphatic carbocycles. The van der Waals surface area contributed by atoms with Gasteiger partial charge in [-0.05, 0) is 45.3 Å². The summed E-state index contributed by atoms with van der Waals surface area (Å²) < 4.78 is 13.9. The van der Waals surface area contributed by atoms with E-state index in [2.05, 4.69) is 4.90 Å². The van der Waals surface area contributed by atoms with Crippen molar-refractivity contribution >= 4 is 22.9 Å². The second-order valence-corrected chi connectivity index (χ2v) is 5.05. The van der Waals surface area contributed by atoms with Crippen LogP contribution in [0.3, 0.4) is 0 Å². The molecule has 1 aromatic carbocycles. The molecule has 0 fully saturated rings. The molecule has 5 heteroatoms. The van der Waals surface area contributed by atoms with Gasteiger partial charge < -0.3 is 15.5 Å². The zero-order valence-corrected chi connectivity index (χ0v) is 11.9. The molecular formula is C13H20FN3S. The molecule has 0 saturated heterocycles. The monoisotopic (exact) mass is 269 g/mol. The van der Waals surface area contributed by atoms with Gasteiger partial charge in [-0.3, -0.25) is 0 Å². The number of rotatable bonds is 6. The van der Waals surface area contributed by atoms with Crippen LogP contribution in [0.2, 0.25) is 0 Å². The molecule has 0 heterocycles. The largest absolute Gasteiger partial charge is 0.389 e. The topological polar surface area (TPSA) is 32.5 Å². The minimum absolute atomic E-state index is 0.218. The Hall–Kier alpha value is -1.20. The highest BCUT2D eigenvalue weighted by Gasteiger charge is 2.09.